The predicted molar refractivity (Wildman–Crippen MR) is 184 cm³/mol. The summed E-state index contributed by atoms with van der Waals surface area (Å²) in [5.74, 6) is -0.323. The van der Waals surface area contributed by atoms with E-state index in [9.17, 15) is 19.6 Å². The molecule has 12 heteroatoms. The van der Waals surface area contributed by atoms with Gasteiger partial charge in [0.05, 0.1) is 5.39 Å². The number of carbonyl (C=O) groups is 3. The number of aromatic nitrogens is 3. The van der Waals surface area contributed by atoms with Gasteiger partial charge in [-0.05, 0) is 47.7 Å². The molecule has 3 heterocycles. The number of amides is 3. The predicted octanol–water partition coefficient (Wildman–Crippen LogP) is 4.31. The molecule has 12 nitrogen and oxygen atoms in total. The highest BCUT2D eigenvalue weighted by Crippen LogP contribution is 2.35. The number of nitriles is 1. The molecule has 1 saturated carbocycles. The van der Waals surface area contributed by atoms with Crippen molar-refractivity contribution in [3.8, 4) is 17.2 Å². The van der Waals surface area contributed by atoms with Gasteiger partial charge in [0, 0.05) is 58.4 Å². The van der Waals surface area contributed by atoms with E-state index in [0.29, 0.717) is 22.5 Å². The van der Waals surface area contributed by atoms with Crippen LogP contribution in [0.3, 0.4) is 0 Å². The number of fused-ring (bicyclic) bond motifs is 1. The zero-order valence-corrected chi connectivity index (χ0v) is 27.5. The molecule has 2 aliphatic rings. The third-order valence-electron chi connectivity index (χ3n) is 9.44. The van der Waals surface area contributed by atoms with Crippen molar-refractivity contribution < 1.29 is 14.4 Å². The van der Waals surface area contributed by atoms with Crippen LogP contribution in [0.25, 0.3) is 22.2 Å². The van der Waals surface area contributed by atoms with Crippen molar-refractivity contribution in [2.45, 2.75) is 51.6 Å². The molecule has 2 aromatic carbocycles. The summed E-state index contributed by atoms with van der Waals surface area (Å²) in [5.41, 5.74) is 10.7. The Bertz CT molecular complexity index is 1850. The zero-order valence-electron chi connectivity index (χ0n) is 27.5. The Labute approximate surface area is 280 Å². The lowest BCUT2D eigenvalue weighted by molar-refractivity contribution is -0.129. The smallest absolute Gasteiger partial charge is 0.271 e. The summed E-state index contributed by atoms with van der Waals surface area (Å²) in [6, 6.07) is 20.2. The van der Waals surface area contributed by atoms with Gasteiger partial charge in [0.1, 0.15) is 29.8 Å². The summed E-state index contributed by atoms with van der Waals surface area (Å²) < 4.78 is 1.95. The van der Waals surface area contributed by atoms with Gasteiger partial charge in [0.2, 0.25) is 17.6 Å². The highest BCUT2D eigenvalue weighted by Gasteiger charge is 2.29. The van der Waals surface area contributed by atoms with Gasteiger partial charge >= 0.3 is 0 Å². The van der Waals surface area contributed by atoms with Crippen LogP contribution in [0.2, 0.25) is 0 Å². The topological polar surface area (TPSA) is 153 Å². The molecule has 2 fully saturated rings. The Balaban J connectivity index is 1.24. The van der Waals surface area contributed by atoms with Crippen LogP contribution in [0, 0.1) is 11.3 Å². The number of hydrogen-bond acceptors (Lipinski definition) is 8. The van der Waals surface area contributed by atoms with Crippen LogP contribution in [0.4, 0.5) is 11.5 Å². The van der Waals surface area contributed by atoms with Crippen LogP contribution in [0.5, 0.6) is 0 Å². The first kappa shape index (κ1) is 32.5. The van der Waals surface area contributed by atoms with Gasteiger partial charge in [-0.15, -0.1) is 0 Å². The first-order chi connectivity index (χ1) is 23.2. The molecular formula is C36H41N9O3. The van der Waals surface area contributed by atoms with Gasteiger partial charge in [-0.1, -0.05) is 55.7 Å². The van der Waals surface area contributed by atoms with Crippen LogP contribution < -0.4 is 16.0 Å². The van der Waals surface area contributed by atoms with Gasteiger partial charge in [-0.2, -0.15) is 5.26 Å². The average Bonchev–Trinajstić information content (AvgIpc) is 3.51. The van der Waals surface area contributed by atoms with Crippen LogP contribution in [0.1, 0.15) is 66.9 Å². The molecule has 4 aromatic rings. The fourth-order valence-corrected chi connectivity index (χ4v) is 6.93. The molecule has 48 heavy (non-hydrogen) atoms. The van der Waals surface area contributed by atoms with E-state index < -0.39 is 5.91 Å². The molecule has 1 saturated heterocycles. The van der Waals surface area contributed by atoms with Gasteiger partial charge in [0.25, 0.3) is 5.91 Å². The highest BCUT2D eigenvalue weighted by molar-refractivity contribution is 6.02. The summed E-state index contributed by atoms with van der Waals surface area (Å²) in [4.78, 5) is 52.7. The maximum absolute atomic E-state index is 14.3. The van der Waals surface area contributed by atoms with Crippen LogP contribution in [-0.2, 0) is 16.1 Å². The molecule has 0 spiro atoms. The quantitative estimate of drug-likeness (QED) is 0.273. The van der Waals surface area contributed by atoms with Gasteiger partial charge in [-0.3, -0.25) is 14.4 Å². The number of primary amides is 1. The fourth-order valence-electron chi connectivity index (χ4n) is 6.93. The lowest BCUT2D eigenvalue weighted by Crippen LogP contribution is -2.48. The third-order valence-corrected chi connectivity index (χ3v) is 9.44. The number of anilines is 2. The van der Waals surface area contributed by atoms with Crippen LogP contribution in [-0.4, -0.2) is 81.8 Å². The maximum Gasteiger partial charge on any atom is 0.271 e. The van der Waals surface area contributed by atoms with Crippen molar-refractivity contribution in [1.82, 2.24) is 24.3 Å². The number of rotatable bonds is 9. The molecule has 6 rings (SSSR count). The Morgan fingerprint density at radius 1 is 0.958 bits per heavy atom. The van der Waals surface area contributed by atoms with E-state index in [4.69, 9.17) is 5.73 Å². The molecule has 1 aliphatic carbocycles. The van der Waals surface area contributed by atoms with Gasteiger partial charge in [0.15, 0.2) is 0 Å². The molecule has 0 bridgehead atoms. The molecule has 0 atom stereocenters. The second kappa shape index (κ2) is 14.1. The first-order valence-corrected chi connectivity index (χ1v) is 16.5. The second-order valence-electron chi connectivity index (χ2n) is 12.6. The number of piperazine rings is 1. The Hall–Kier alpha value is -5.44. The fraction of sp³-hybridized carbons (Fsp3) is 0.389. The monoisotopic (exact) mass is 647 g/mol. The third kappa shape index (κ3) is 6.81. The number of nitrogens with zero attached hydrogens (tertiary/aromatic N) is 7. The molecule has 2 aromatic heterocycles. The summed E-state index contributed by atoms with van der Waals surface area (Å²) in [6.45, 7) is 4.62. The van der Waals surface area contributed by atoms with E-state index in [-0.39, 0.29) is 36.8 Å². The largest absolute Gasteiger partial charge is 0.372 e. The molecule has 3 amide bonds. The highest BCUT2D eigenvalue weighted by atomic mass is 16.2. The van der Waals surface area contributed by atoms with E-state index in [1.165, 1.54) is 4.90 Å². The lowest BCUT2D eigenvalue weighted by atomic mass is 9.95. The summed E-state index contributed by atoms with van der Waals surface area (Å²) in [5, 5.41) is 13.3. The minimum absolute atomic E-state index is 0.0252. The molecule has 0 unspecified atom stereocenters. The summed E-state index contributed by atoms with van der Waals surface area (Å²) in [7, 11) is 1.72. The second-order valence-corrected chi connectivity index (χ2v) is 12.6. The molecule has 1 aliphatic heterocycles. The molecule has 3 N–H and O–H groups in total. The molecule has 248 valence electrons. The van der Waals surface area contributed by atoms with Crippen molar-refractivity contribution in [3.05, 3.63) is 71.7 Å². The van der Waals surface area contributed by atoms with Crippen molar-refractivity contribution in [2.75, 3.05) is 50.0 Å². The number of nitrogens with two attached hydrogens (primary N) is 1. The van der Waals surface area contributed by atoms with Crippen LogP contribution in [0.15, 0.2) is 54.6 Å². The number of benzene rings is 2. The zero-order chi connectivity index (χ0) is 33.8. The SMILES string of the molecule is CNc1nc(C#N)nc2c1cc(C(=O)N(CC(N)=O)Cc1ccc(-c3ccc(N4CCN(C(C)=O)CC4)cc3)cc1)n2C1CCCCC1. The van der Waals surface area contributed by atoms with Gasteiger partial charge in [-0.25, -0.2) is 9.97 Å². The Kier molecular flexibility index (Phi) is 9.57. The lowest BCUT2D eigenvalue weighted by Gasteiger charge is -2.35. The average molecular weight is 648 g/mol. The van der Waals surface area contributed by atoms with Crippen molar-refractivity contribution >= 4 is 40.3 Å². The van der Waals surface area contributed by atoms with Crippen molar-refractivity contribution in [3.63, 3.8) is 0 Å². The van der Waals surface area contributed by atoms with Gasteiger partial charge < -0.3 is 30.3 Å². The minimum Gasteiger partial charge on any atom is -0.372 e. The van der Waals surface area contributed by atoms with E-state index in [0.717, 1.165) is 80.7 Å². The molecule has 0 radical (unpaired) electrons. The maximum atomic E-state index is 14.3. The Morgan fingerprint density at radius 2 is 1.60 bits per heavy atom. The van der Waals surface area contributed by atoms with Crippen LogP contribution >= 0.6 is 0 Å². The number of carbonyl (C=O) groups excluding carboxylic acids is 3. The molecular weight excluding hydrogens is 606 g/mol. The summed E-state index contributed by atoms with van der Waals surface area (Å²) in [6.07, 6.45) is 4.97. The van der Waals surface area contributed by atoms with E-state index in [1.54, 1.807) is 20.0 Å². The number of hydrogen-bond donors (Lipinski definition) is 2. The van der Waals surface area contributed by atoms with E-state index in [2.05, 4.69) is 44.5 Å². The first-order valence-electron chi connectivity index (χ1n) is 16.5. The van der Waals surface area contributed by atoms with E-state index in [1.807, 2.05) is 39.8 Å². The number of nitrogens with one attached hydrogen (secondary N) is 1. The normalized spacial score (nSPS) is 15.3. The minimum atomic E-state index is -0.606. The summed E-state index contributed by atoms with van der Waals surface area (Å²) >= 11 is 0. The van der Waals surface area contributed by atoms with E-state index >= 15 is 0 Å². The van der Waals surface area contributed by atoms with Crippen molar-refractivity contribution in [2.24, 2.45) is 5.73 Å². The Morgan fingerprint density at radius 3 is 2.19 bits per heavy atom. The van der Waals surface area contributed by atoms with Crippen molar-refractivity contribution in [1.29, 1.82) is 5.26 Å². The standard InChI is InChI=1S/C36H41N9O3/c1-24(46)42-16-18-43(19-17-42)28-14-12-27(13-15-28)26-10-8-25(9-11-26)22-44(23-32(38)47)36(48)31-20-30-34(39-2)40-33(21-37)41-35(30)45(31)29-6-4-3-5-7-29/h8-15,20,29H,3-7,16-19,22-23H2,1-2H3,(H2,38,47)(H,39,40,41).